The topological polar surface area (TPSA) is 43.8 Å². The number of nitrogens with zero attached hydrogens (tertiary/aromatic N) is 2. The van der Waals surface area contributed by atoms with E-state index in [4.69, 9.17) is 0 Å². The second-order valence-corrected chi connectivity index (χ2v) is 6.98. The number of halogens is 1. The van der Waals surface area contributed by atoms with Crippen LogP contribution in [0.1, 0.15) is 23.6 Å². The Bertz CT molecular complexity index is 823. The first-order valence-electron chi connectivity index (χ1n) is 8.27. The van der Waals surface area contributed by atoms with Crippen molar-refractivity contribution in [1.29, 1.82) is 0 Å². The molecule has 0 atom stereocenters. The number of hydrogen-bond donors (Lipinski definition) is 1. The lowest BCUT2D eigenvalue weighted by Crippen LogP contribution is -2.37. The normalized spacial score (nSPS) is 15.1. The molecule has 1 aliphatic rings. The summed E-state index contributed by atoms with van der Waals surface area (Å²) in [4.78, 5) is 11.9. The van der Waals surface area contributed by atoms with Crippen molar-refractivity contribution in [3.05, 3.63) is 69.2 Å². The van der Waals surface area contributed by atoms with E-state index >= 15 is 0 Å². The molecule has 1 heterocycles. The largest absolute Gasteiger partial charge is 0.478 e. The second-order valence-electron chi connectivity index (χ2n) is 6.18. The minimum atomic E-state index is -0.870. The number of carbonyl (C=O) groups is 1. The van der Waals surface area contributed by atoms with Crippen LogP contribution in [-0.2, 0) is 4.79 Å². The summed E-state index contributed by atoms with van der Waals surface area (Å²) in [7, 11) is 0. The molecule has 2 aromatic rings. The summed E-state index contributed by atoms with van der Waals surface area (Å²) in [5.74, 6) is -0.870. The SMILES string of the molecule is CCN1CC(C(=O)O)=C(c2ccccc2)N1c1cc(C)c(Br)c(C)c1. The molecule has 0 aromatic heterocycles. The number of carboxylic acids is 1. The monoisotopic (exact) mass is 400 g/mol. The molecule has 4 nitrogen and oxygen atoms in total. The smallest absolute Gasteiger partial charge is 0.335 e. The highest BCUT2D eigenvalue weighted by molar-refractivity contribution is 9.10. The molecule has 3 rings (SSSR count). The van der Waals surface area contributed by atoms with Gasteiger partial charge in [0.15, 0.2) is 0 Å². The number of carboxylic acid groups (broad SMARTS) is 1. The Kier molecular flexibility index (Phi) is 4.97. The Morgan fingerprint density at radius 3 is 2.28 bits per heavy atom. The fraction of sp³-hybridized carbons (Fsp3) is 0.250. The molecule has 1 aliphatic heterocycles. The van der Waals surface area contributed by atoms with E-state index in [1.165, 1.54) is 0 Å². The fourth-order valence-electron chi connectivity index (χ4n) is 3.25. The lowest BCUT2D eigenvalue weighted by Gasteiger charge is -2.32. The van der Waals surface area contributed by atoms with Gasteiger partial charge in [-0.2, -0.15) is 0 Å². The van der Waals surface area contributed by atoms with Crippen LogP contribution in [0.25, 0.3) is 5.70 Å². The lowest BCUT2D eigenvalue weighted by molar-refractivity contribution is -0.132. The highest BCUT2D eigenvalue weighted by Gasteiger charge is 2.34. The molecule has 0 unspecified atom stereocenters. The molecular weight excluding hydrogens is 380 g/mol. The van der Waals surface area contributed by atoms with Gasteiger partial charge in [0.25, 0.3) is 0 Å². The maximum Gasteiger partial charge on any atom is 0.335 e. The first kappa shape index (κ1) is 17.7. The number of anilines is 1. The molecule has 0 aliphatic carbocycles. The number of likely N-dealkylation sites (N-methyl/N-ethyl adjacent to an activating group) is 1. The van der Waals surface area contributed by atoms with Crippen molar-refractivity contribution in [3.63, 3.8) is 0 Å². The van der Waals surface area contributed by atoms with Gasteiger partial charge in [-0.1, -0.05) is 53.2 Å². The van der Waals surface area contributed by atoms with Gasteiger partial charge in [0.05, 0.1) is 23.5 Å². The highest BCUT2D eigenvalue weighted by Crippen LogP contribution is 2.38. The summed E-state index contributed by atoms with van der Waals surface area (Å²) in [5.41, 5.74) is 5.32. The number of benzene rings is 2. The van der Waals surface area contributed by atoms with Gasteiger partial charge in [-0.25, -0.2) is 9.80 Å². The van der Waals surface area contributed by atoms with Gasteiger partial charge in [-0.05, 0) is 37.1 Å². The maximum atomic E-state index is 11.9. The summed E-state index contributed by atoms with van der Waals surface area (Å²) in [6, 6.07) is 13.9. The van der Waals surface area contributed by atoms with Crippen molar-refractivity contribution < 1.29 is 9.90 Å². The predicted octanol–water partition coefficient (Wildman–Crippen LogP) is 4.62. The number of hydrazine groups is 1. The Morgan fingerprint density at radius 2 is 1.76 bits per heavy atom. The number of rotatable bonds is 4. The fourth-order valence-corrected chi connectivity index (χ4v) is 3.48. The third kappa shape index (κ3) is 3.22. The van der Waals surface area contributed by atoms with Gasteiger partial charge >= 0.3 is 5.97 Å². The van der Waals surface area contributed by atoms with Crippen LogP contribution in [0.4, 0.5) is 5.69 Å². The van der Waals surface area contributed by atoms with E-state index < -0.39 is 5.97 Å². The molecule has 0 saturated carbocycles. The molecular formula is C20H21BrN2O2. The summed E-state index contributed by atoms with van der Waals surface area (Å²) >= 11 is 3.61. The first-order chi connectivity index (χ1) is 11.9. The van der Waals surface area contributed by atoms with E-state index in [0.717, 1.165) is 39.1 Å². The van der Waals surface area contributed by atoms with Gasteiger partial charge in [-0.15, -0.1) is 0 Å². The van der Waals surface area contributed by atoms with Crippen LogP contribution in [0.2, 0.25) is 0 Å². The number of hydrogen-bond acceptors (Lipinski definition) is 3. The minimum Gasteiger partial charge on any atom is -0.478 e. The summed E-state index contributed by atoms with van der Waals surface area (Å²) in [6.45, 7) is 7.26. The molecule has 2 aromatic carbocycles. The first-order valence-corrected chi connectivity index (χ1v) is 9.07. The van der Waals surface area contributed by atoms with Crippen LogP contribution in [0.3, 0.4) is 0 Å². The van der Waals surface area contributed by atoms with Crippen LogP contribution < -0.4 is 5.01 Å². The van der Waals surface area contributed by atoms with Crippen molar-refractivity contribution in [3.8, 4) is 0 Å². The Labute approximate surface area is 156 Å². The van der Waals surface area contributed by atoms with Crippen molar-refractivity contribution in [2.24, 2.45) is 0 Å². The number of aliphatic carboxylic acids is 1. The predicted molar refractivity (Wildman–Crippen MR) is 104 cm³/mol. The van der Waals surface area contributed by atoms with Crippen LogP contribution in [0.5, 0.6) is 0 Å². The summed E-state index contributed by atoms with van der Waals surface area (Å²) in [6.07, 6.45) is 0. The Balaban J connectivity index is 2.22. The van der Waals surface area contributed by atoms with Crippen LogP contribution in [0, 0.1) is 13.8 Å². The highest BCUT2D eigenvalue weighted by atomic mass is 79.9. The standard InChI is InChI=1S/C20H21BrN2O2/c1-4-22-12-17(20(24)25)19(15-8-6-5-7-9-15)23(22)16-10-13(2)18(21)14(3)11-16/h5-11H,4,12H2,1-3H3,(H,24,25). The van der Waals surface area contributed by atoms with Crippen LogP contribution >= 0.6 is 15.9 Å². The van der Waals surface area contributed by atoms with E-state index in [-0.39, 0.29) is 0 Å². The van der Waals surface area contributed by atoms with Crippen molar-refractivity contribution in [2.45, 2.75) is 20.8 Å². The van der Waals surface area contributed by atoms with E-state index in [9.17, 15) is 9.90 Å². The summed E-state index contributed by atoms with van der Waals surface area (Å²) < 4.78 is 1.09. The van der Waals surface area contributed by atoms with E-state index in [0.29, 0.717) is 12.1 Å². The average Bonchev–Trinajstić information content (AvgIpc) is 3.00. The molecule has 0 fully saturated rings. The van der Waals surface area contributed by atoms with Gasteiger partial charge in [-0.3, -0.25) is 5.01 Å². The third-order valence-corrected chi connectivity index (χ3v) is 5.71. The van der Waals surface area contributed by atoms with Gasteiger partial charge in [0.2, 0.25) is 0 Å². The quantitative estimate of drug-likeness (QED) is 0.812. The summed E-state index contributed by atoms with van der Waals surface area (Å²) in [5, 5.41) is 13.9. The van der Waals surface area contributed by atoms with Crippen molar-refractivity contribution in [1.82, 2.24) is 5.01 Å². The van der Waals surface area contributed by atoms with Crippen molar-refractivity contribution in [2.75, 3.05) is 18.1 Å². The molecule has 1 N–H and O–H groups in total. The molecule has 0 amide bonds. The van der Waals surface area contributed by atoms with E-state index in [1.807, 2.05) is 42.3 Å². The van der Waals surface area contributed by atoms with Gasteiger partial charge < -0.3 is 5.11 Å². The van der Waals surface area contributed by atoms with Gasteiger partial charge in [0, 0.05) is 16.6 Å². The minimum absolute atomic E-state index is 0.393. The maximum absolute atomic E-state index is 11.9. The van der Waals surface area contributed by atoms with Gasteiger partial charge in [0.1, 0.15) is 0 Å². The Hall–Kier alpha value is -2.11. The second kappa shape index (κ2) is 7.02. The van der Waals surface area contributed by atoms with Crippen molar-refractivity contribution >= 4 is 33.3 Å². The van der Waals surface area contributed by atoms with E-state index in [2.05, 4.69) is 46.9 Å². The third-order valence-electron chi connectivity index (χ3n) is 4.46. The molecule has 0 radical (unpaired) electrons. The molecule has 0 bridgehead atoms. The zero-order valence-corrected chi connectivity index (χ0v) is 16.2. The lowest BCUT2D eigenvalue weighted by atomic mass is 10.1. The number of aryl methyl sites for hydroxylation is 2. The molecule has 0 saturated heterocycles. The molecule has 5 heteroatoms. The molecule has 0 spiro atoms. The zero-order chi connectivity index (χ0) is 18.1. The Morgan fingerprint density at radius 1 is 1.16 bits per heavy atom. The zero-order valence-electron chi connectivity index (χ0n) is 14.6. The van der Waals surface area contributed by atoms with Crippen LogP contribution in [-0.4, -0.2) is 29.2 Å². The molecule has 130 valence electrons. The van der Waals surface area contributed by atoms with E-state index in [1.54, 1.807) is 0 Å². The average molecular weight is 401 g/mol. The van der Waals surface area contributed by atoms with Crippen LogP contribution in [0.15, 0.2) is 52.5 Å². The molecule has 25 heavy (non-hydrogen) atoms.